The van der Waals surface area contributed by atoms with E-state index in [9.17, 15) is 4.79 Å². The molecule has 1 aromatic heterocycles. The van der Waals surface area contributed by atoms with Gasteiger partial charge in [0, 0.05) is 18.4 Å². The van der Waals surface area contributed by atoms with Crippen molar-refractivity contribution >= 4 is 5.91 Å². The summed E-state index contributed by atoms with van der Waals surface area (Å²) in [6.45, 7) is 2.17. The molecule has 1 aliphatic rings. The third-order valence-electron chi connectivity index (χ3n) is 6.00. The summed E-state index contributed by atoms with van der Waals surface area (Å²) in [5.74, 6) is -0.150. The van der Waals surface area contributed by atoms with Crippen LogP contribution in [0.5, 0.6) is 0 Å². The van der Waals surface area contributed by atoms with E-state index in [0.717, 1.165) is 44.1 Å². The molecule has 1 aromatic carbocycles. The Morgan fingerprint density at radius 2 is 1.85 bits per heavy atom. The predicted molar refractivity (Wildman–Crippen MR) is 106 cm³/mol. The topological polar surface area (TPSA) is 68.0 Å². The number of pyridine rings is 1. The molecule has 26 heavy (non-hydrogen) atoms. The van der Waals surface area contributed by atoms with Gasteiger partial charge in [-0.15, -0.1) is 0 Å². The predicted octanol–water partition coefficient (Wildman–Crippen LogP) is 3.49. The number of rotatable bonds is 6. The lowest BCUT2D eigenvalue weighted by atomic mass is 9.68. The largest absolute Gasteiger partial charge is 0.369 e. The van der Waals surface area contributed by atoms with Gasteiger partial charge in [0.05, 0.1) is 5.41 Å². The van der Waals surface area contributed by atoms with Crippen molar-refractivity contribution in [1.82, 2.24) is 10.3 Å². The normalized spacial score (nSPS) is 22.9. The Morgan fingerprint density at radius 3 is 2.42 bits per heavy atom. The summed E-state index contributed by atoms with van der Waals surface area (Å²) in [7, 11) is 2.00. The van der Waals surface area contributed by atoms with Crippen LogP contribution >= 0.6 is 0 Å². The van der Waals surface area contributed by atoms with Crippen LogP contribution in [-0.4, -0.2) is 24.0 Å². The molecule has 0 spiro atoms. The molecule has 1 amide bonds. The van der Waals surface area contributed by atoms with E-state index in [1.54, 1.807) is 0 Å². The Kier molecular flexibility index (Phi) is 5.72. The summed E-state index contributed by atoms with van der Waals surface area (Å²) >= 11 is 0. The zero-order valence-electron chi connectivity index (χ0n) is 15.8. The number of aryl methyl sites for hydroxylation is 1. The minimum absolute atomic E-state index is 0.150. The highest BCUT2D eigenvalue weighted by Crippen LogP contribution is 2.40. The smallest absolute Gasteiger partial charge is 0.223 e. The van der Waals surface area contributed by atoms with Crippen molar-refractivity contribution in [3.05, 3.63) is 53.9 Å². The minimum atomic E-state index is -0.422. The van der Waals surface area contributed by atoms with Crippen molar-refractivity contribution in [3.63, 3.8) is 0 Å². The fourth-order valence-corrected chi connectivity index (χ4v) is 4.19. The van der Waals surface area contributed by atoms with Crippen molar-refractivity contribution in [2.45, 2.75) is 51.5 Å². The molecule has 1 heterocycles. The van der Waals surface area contributed by atoms with Crippen LogP contribution in [0.15, 0.2) is 42.7 Å². The fourth-order valence-electron chi connectivity index (χ4n) is 4.19. The Morgan fingerprint density at radius 1 is 1.15 bits per heavy atom. The van der Waals surface area contributed by atoms with Crippen molar-refractivity contribution in [3.8, 4) is 11.1 Å². The first-order valence-corrected chi connectivity index (χ1v) is 9.57. The molecule has 0 aliphatic heterocycles. The lowest BCUT2D eigenvalue weighted by Crippen LogP contribution is -2.45. The molecule has 0 bridgehead atoms. The molecular formula is C22H29N3O. The van der Waals surface area contributed by atoms with Crippen molar-refractivity contribution < 1.29 is 4.79 Å². The van der Waals surface area contributed by atoms with Gasteiger partial charge in [-0.2, -0.15) is 0 Å². The maximum Gasteiger partial charge on any atom is 0.223 e. The van der Waals surface area contributed by atoms with Crippen LogP contribution in [0.25, 0.3) is 11.1 Å². The summed E-state index contributed by atoms with van der Waals surface area (Å²) in [6, 6.07) is 11.1. The monoisotopic (exact) mass is 351 g/mol. The molecule has 0 atom stereocenters. The first kappa shape index (κ1) is 18.6. The molecule has 1 saturated carbocycles. The van der Waals surface area contributed by atoms with Gasteiger partial charge in [0.25, 0.3) is 0 Å². The third kappa shape index (κ3) is 3.80. The highest BCUT2D eigenvalue weighted by atomic mass is 16.1. The standard InChI is InChI=1S/C22H29N3O/c1-3-16-4-5-18(17-8-12-25-13-9-17)14-19(16)15-22(21(23)26)10-6-20(24-2)7-11-22/h4-5,8-9,12-14,20,24H,3,6-7,10-11,15H2,1-2H3,(H2,23,26). The van der Waals surface area contributed by atoms with Gasteiger partial charge in [0.2, 0.25) is 5.91 Å². The molecule has 3 N–H and O–H groups in total. The van der Waals surface area contributed by atoms with Crippen LogP contribution in [0.3, 0.4) is 0 Å². The van der Waals surface area contributed by atoms with Crippen molar-refractivity contribution in [2.24, 2.45) is 11.1 Å². The Balaban J connectivity index is 1.93. The van der Waals surface area contributed by atoms with E-state index in [-0.39, 0.29) is 5.91 Å². The third-order valence-corrected chi connectivity index (χ3v) is 6.00. The van der Waals surface area contributed by atoms with E-state index in [2.05, 4.69) is 35.4 Å². The molecule has 0 unspecified atom stereocenters. The molecule has 138 valence electrons. The number of aromatic nitrogens is 1. The molecule has 2 aromatic rings. The van der Waals surface area contributed by atoms with Crippen LogP contribution in [0.4, 0.5) is 0 Å². The number of nitrogens with two attached hydrogens (primary N) is 1. The van der Waals surface area contributed by atoms with Gasteiger partial charge < -0.3 is 11.1 Å². The van der Waals surface area contributed by atoms with E-state index >= 15 is 0 Å². The number of hydrogen-bond donors (Lipinski definition) is 2. The van der Waals surface area contributed by atoms with Gasteiger partial charge in [-0.1, -0.05) is 25.1 Å². The first-order chi connectivity index (χ1) is 12.6. The molecule has 0 saturated heterocycles. The summed E-state index contributed by atoms with van der Waals surface area (Å²) in [4.78, 5) is 16.5. The average molecular weight is 351 g/mol. The molecule has 3 rings (SSSR count). The molecule has 1 aliphatic carbocycles. The summed E-state index contributed by atoms with van der Waals surface area (Å²) in [5.41, 5.74) is 10.4. The van der Waals surface area contributed by atoms with Crippen LogP contribution in [0.2, 0.25) is 0 Å². The van der Waals surface area contributed by atoms with Crippen molar-refractivity contribution in [1.29, 1.82) is 0 Å². The number of primary amides is 1. The van der Waals surface area contributed by atoms with Crippen LogP contribution in [0.1, 0.15) is 43.7 Å². The van der Waals surface area contributed by atoms with Gasteiger partial charge in [-0.3, -0.25) is 9.78 Å². The number of carbonyl (C=O) groups excluding carboxylic acids is 1. The quantitative estimate of drug-likeness (QED) is 0.837. The van der Waals surface area contributed by atoms with E-state index in [1.807, 2.05) is 31.6 Å². The Bertz CT molecular complexity index is 749. The summed E-state index contributed by atoms with van der Waals surface area (Å²) in [5, 5.41) is 3.34. The number of benzene rings is 1. The van der Waals surface area contributed by atoms with Crippen LogP contribution in [0, 0.1) is 5.41 Å². The van der Waals surface area contributed by atoms with Gasteiger partial charge in [-0.25, -0.2) is 0 Å². The van der Waals surface area contributed by atoms with Gasteiger partial charge in [-0.05, 0) is 80.0 Å². The first-order valence-electron chi connectivity index (χ1n) is 9.57. The lowest BCUT2D eigenvalue weighted by Gasteiger charge is -2.38. The number of nitrogens with one attached hydrogen (secondary N) is 1. The molecule has 4 nitrogen and oxygen atoms in total. The lowest BCUT2D eigenvalue weighted by molar-refractivity contribution is -0.129. The second-order valence-corrected chi connectivity index (χ2v) is 7.46. The van der Waals surface area contributed by atoms with E-state index in [1.165, 1.54) is 16.7 Å². The molecular weight excluding hydrogens is 322 g/mol. The molecule has 1 fully saturated rings. The summed E-state index contributed by atoms with van der Waals surface area (Å²) < 4.78 is 0. The summed E-state index contributed by atoms with van der Waals surface area (Å²) in [6.07, 6.45) is 9.04. The zero-order chi connectivity index (χ0) is 18.6. The van der Waals surface area contributed by atoms with Gasteiger partial charge >= 0.3 is 0 Å². The second kappa shape index (κ2) is 8.00. The molecule has 0 radical (unpaired) electrons. The Labute approximate surface area is 156 Å². The van der Waals surface area contributed by atoms with E-state index in [0.29, 0.717) is 6.04 Å². The number of hydrogen-bond acceptors (Lipinski definition) is 3. The minimum Gasteiger partial charge on any atom is -0.369 e. The Hall–Kier alpha value is -2.20. The van der Waals surface area contributed by atoms with E-state index < -0.39 is 5.41 Å². The second-order valence-electron chi connectivity index (χ2n) is 7.46. The highest BCUT2D eigenvalue weighted by Gasteiger charge is 2.40. The van der Waals surface area contributed by atoms with E-state index in [4.69, 9.17) is 5.73 Å². The average Bonchev–Trinajstić information content (AvgIpc) is 2.69. The van der Waals surface area contributed by atoms with Crippen LogP contribution < -0.4 is 11.1 Å². The SMILES string of the molecule is CCc1ccc(-c2ccncc2)cc1CC1(C(N)=O)CCC(NC)CC1. The maximum atomic E-state index is 12.4. The zero-order valence-corrected chi connectivity index (χ0v) is 15.8. The number of carbonyl (C=O) groups is 1. The van der Waals surface area contributed by atoms with Gasteiger partial charge in [0.15, 0.2) is 0 Å². The van der Waals surface area contributed by atoms with Crippen LogP contribution in [-0.2, 0) is 17.6 Å². The van der Waals surface area contributed by atoms with Crippen molar-refractivity contribution in [2.75, 3.05) is 7.05 Å². The maximum absolute atomic E-state index is 12.4. The number of nitrogens with zero attached hydrogens (tertiary/aromatic N) is 1. The highest BCUT2D eigenvalue weighted by molar-refractivity contribution is 5.81. The van der Waals surface area contributed by atoms with Gasteiger partial charge in [0.1, 0.15) is 0 Å². The fraction of sp³-hybridized carbons (Fsp3) is 0.455. The number of amides is 1. The molecule has 4 heteroatoms.